The molecule has 0 radical (unpaired) electrons. The van der Waals surface area contributed by atoms with E-state index in [1.165, 1.54) is 0 Å². The number of fused-ring (bicyclic) bond motifs is 1. The second-order valence-corrected chi connectivity index (χ2v) is 3.98. The van der Waals surface area contributed by atoms with E-state index in [1.54, 1.807) is 6.20 Å². The van der Waals surface area contributed by atoms with Crippen molar-refractivity contribution in [3.63, 3.8) is 0 Å². The Morgan fingerprint density at radius 3 is 2.82 bits per heavy atom. The minimum absolute atomic E-state index is 0.542. The van der Waals surface area contributed by atoms with Crippen LogP contribution in [-0.2, 0) is 0 Å². The van der Waals surface area contributed by atoms with Gasteiger partial charge in [0.15, 0.2) is 0 Å². The Labute approximate surface area is 98.5 Å². The third kappa shape index (κ3) is 1.45. The number of hydrogen-bond acceptors (Lipinski definition) is 3. The molecule has 84 valence electrons. The van der Waals surface area contributed by atoms with Crippen molar-refractivity contribution in [3.8, 4) is 11.3 Å². The molecule has 3 rings (SSSR count). The summed E-state index contributed by atoms with van der Waals surface area (Å²) in [4.78, 5) is 4.34. The molecule has 0 saturated carbocycles. The number of nitrogen functional groups attached to an aromatic ring is 1. The molecule has 0 atom stereocenters. The van der Waals surface area contributed by atoms with E-state index in [0.717, 1.165) is 27.7 Å². The van der Waals surface area contributed by atoms with E-state index in [9.17, 15) is 0 Å². The van der Waals surface area contributed by atoms with Crippen LogP contribution >= 0.6 is 0 Å². The lowest BCUT2D eigenvalue weighted by Crippen LogP contribution is -1.87. The number of nitrogens with one attached hydrogen (secondary N) is 1. The highest BCUT2D eigenvalue weighted by Crippen LogP contribution is 2.29. The average molecular weight is 224 g/mol. The van der Waals surface area contributed by atoms with Gasteiger partial charge in [0, 0.05) is 22.7 Å². The molecule has 2 heterocycles. The summed E-state index contributed by atoms with van der Waals surface area (Å²) in [5.74, 6) is 0.542. The fraction of sp³-hybridized carbons (Fsp3) is 0.0769. The van der Waals surface area contributed by atoms with Gasteiger partial charge in [-0.05, 0) is 19.1 Å². The summed E-state index contributed by atoms with van der Waals surface area (Å²) in [6.07, 6.45) is 1.79. The normalized spacial score (nSPS) is 10.9. The molecule has 1 aromatic carbocycles. The Balaban J connectivity index is 2.34. The van der Waals surface area contributed by atoms with Gasteiger partial charge in [-0.3, -0.25) is 10.1 Å². The van der Waals surface area contributed by atoms with Crippen LogP contribution in [0.25, 0.3) is 22.2 Å². The van der Waals surface area contributed by atoms with Gasteiger partial charge in [0.05, 0.1) is 11.2 Å². The minimum atomic E-state index is 0.542. The SMILES string of the molecule is Cc1c(N)n[nH]c1-c1cccc2ncccc12. The summed E-state index contributed by atoms with van der Waals surface area (Å²) >= 11 is 0. The van der Waals surface area contributed by atoms with Crippen molar-refractivity contribution in [1.82, 2.24) is 15.2 Å². The largest absolute Gasteiger partial charge is 0.382 e. The van der Waals surface area contributed by atoms with Gasteiger partial charge in [0.25, 0.3) is 0 Å². The van der Waals surface area contributed by atoms with Gasteiger partial charge in [-0.1, -0.05) is 18.2 Å². The molecule has 0 aliphatic carbocycles. The second kappa shape index (κ2) is 3.59. The maximum absolute atomic E-state index is 5.76. The molecule has 0 aliphatic rings. The average Bonchev–Trinajstić information content (AvgIpc) is 2.69. The smallest absolute Gasteiger partial charge is 0.148 e. The lowest BCUT2D eigenvalue weighted by atomic mass is 10.0. The van der Waals surface area contributed by atoms with Crippen molar-refractivity contribution in [2.45, 2.75) is 6.92 Å². The number of rotatable bonds is 1. The van der Waals surface area contributed by atoms with Crippen LogP contribution in [0.15, 0.2) is 36.5 Å². The van der Waals surface area contributed by atoms with Crippen molar-refractivity contribution in [2.75, 3.05) is 5.73 Å². The van der Waals surface area contributed by atoms with Crippen LogP contribution in [0.2, 0.25) is 0 Å². The number of anilines is 1. The van der Waals surface area contributed by atoms with Crippen molar-refractivity contribution >= 4 is 16.7 Å². The van der Waals surface area contributed by atoms with Crippen molar-refractivity contribution in [1.29, 1.82) is 0 Å². The Kier molecular flexibility index (Phi) is 2.08. The van der Waals surface area contributed by atoms with Gasteiger partial charge < -0.3 is 5.73 Å². The monoisotopic (exact) mass is 224 g/mol. The molecule has 0 spiro atoms. The summed E-state index contributed by atoms with van der Waals surface area (Å²) < 4.78 is 0. The molecule has 2 aromatic heterocycles. The first kappa shape index (κ1) is 9.84. The third-order valence-electron chi connectivity index (χ3n) is 2.96. The molecule has 4 nitrogen and oxygen atoms in total. The standard InChI is InChI=1S/C13H12N4/c1-8-12(16-17-13(8)14)10-4-2-6-11-9(10)5-3-7-15-11/h2-7H,1H3,(H3,14,16,17). The van der Waals surface area contributed by atoms with E-state index in [0.29, 0.717) is 5.82 Å². The van der Waals surface area contributed by atoms with E-state index in [1.807, 2.05) is 37.3 Å². The van der Waals surface area contributed by atoms with E-state index in [2.05, 4.69) is 15.2 Å². The number of hydrogen-bond donors (Lipinski definition) is 2. The molecule has 0 bridgehead atoms. The first-order valence-electron chi connectivity index (χ1n) is 5.42. The highest BCUT2D eigenvalue weighted by molar-refractivity contribution is 5.94. The number of aromatic amines is 1. The Morgan fingerprint density at radius 1 is 1.18 bits per heavy atom. The zero-order chi connectivity index (χ0) is 11.8. The molecular weight excluding hydrogens is 212 g/mol. The summed E-state index contributed by atoms with van der Waals surface area (Å²) in [5.41, 5.74) is 9.75. The van der Waals surface area contributed by atoms with Crippen molar-refractivity contribution in [3.05, 3.63) is 42.1 Å². The molecule has 3 aromatic rings. The highest BCUT2D eigenvalue weighted by Gasteiger charge is 2.10. The molecule has 0 amide bonds. The van der Waals surface area contributed by atoms with Gasteiger partial charge in [0.2, 0.25) is 0 Å². The summed E-state index contributed by atoms with van der Waals surface area (Å²) in [6.45, 7) is 1.96. The first-order valence-corrected chi connectivity index (χ1v) is 5.42. The van der Waals surface area contributed by atoms with Crippen LogP contribution in [0.4, 0.5) is 5.82 Å². The summed E-state index contributed by atoms with van der Waals surface area (Å²) in [6, 6.07) is 10.0. The maximum atomic E-state index is 5.76. The van der Waals surface area contributed by atoms with Crippen LogP contribution in [0.5, 0.6) is 0 Å². The van der Waals surface area contributed by atoms with Crippen molar-refractivity contribution < 1.29 is 0 Å². The fourth-order valence-electron chi connectivity index (χ4n) is 2.00. The summed E-state index contributed by atoms with van der Waals surface area (Å²) in [7, 11) is 0. The van der Waals surface area contributed by atoms with Crippen LogP contribution in [0.3, 0.4) is 0 Å². The van der Waals surface area contributed by atoms with Gasteiger partial charge in [-0.25, -0.2) is 0 Å². The topological polar surface area (TPSA) is 67.6 Å². The zero-order valence-electron chi connectivity index (χ0n) is 9.44. The molecule has 0 saturated heterocycles. The number of benzene rings is 1. The Bertz CT molecular complexity index is 679. The predicted molar refractivity (Wildman–Crippen MR) is 68.5 cm³/mol. The van der Waals surface area contributed by atoms with Gasteiger partial charge in [0.1, 0.15) is 5.82 Å². The molecule has 4 heteroatoms. The third-order valence-corrected chi connectivity index (χ3v) is 2.96. The van der Waals surface area contributed by atoms with Gasteiger partial charge in [-0.2, -0.15) is 5.10 Å². The van der Waals surface area contributed by atoms with Crippen LogP contribution in [-0.4, -0.2) is 15.2 Å². The highest BCUT2D eigenvalue weighted by atomic mass is 15.2. The second-order valence-electron chi connectivity index (χ2n) is 3.98. The Morgan fingerprint density at radius 2 is 2.06 bits per heavy atom. The van der Waals surface area contributed by atoms with Crippen LogP contribution < -0.4 is 5.73 Å². The van der Waals surface area contributed by atoms with E-state index >= 15 is 0 Å². The lowest BCUT2D eigenvalue weighted by Gasteiger charge is -2.04. The van der Waals surface area contributed by atoms with E-state index in [-0.39, 0.29) is 0 Å². The number of pyridine rings is 1. The first-order chi connectivity index (χ1) is 8.27. The quantitative estimate of drug-likeness (QED) is 0.667. The zero-order valence-corrected chi connectivity index (χ0v) is 9.44. The lowest BCUT2D eigenvalue weighted by molar-refractivity contribution is 1.10. The molecule has 0 aliphatic heterocycles. The van der Waals surface area contributed by atoms with Gasteiger partial charge >= 0.3 is 0 Å². The van der Waals surface area contributed by atoms with E-state index in [4.69, 9.17) is 5.73 Å². The summed E-state index contributed by atoms with van der Waals surface area (Å²) in [5, 5.41) is 8.11. The Hall–Kier alpha value is -2.36. The van der Waals surface area contributed by atoms with Crippen LogP contribution in [0, 0.1) is 6.92 Å². The van der Waals surface area contributed by atoms with Gasteiger partial charge in [-0.15, -0.1) is 0 Å². The number of nitrogens with two attached hydrogens (primary N) is 1. The number of nitrogens with zero attached hydrogens (tertiary/aromatic N) is 2. The maximum Gasteiger partial charge on any atom is 0.148 e. The number of aromatic nitrogens is 3. The minimum Gasteiger partial charge on any atom is -0.382 e. The molecule has 0 unspecified atom stereocenters. The molecule has 3 N–H and O–H groups in total. The molecule has 17 heavy (non-hydrogen) atoms. The van der Waals surface area contributed by atoms with E-state index < -0.39 is 0 Å². The van der Waals surface area contributed by atoms with Crippen LogP contribution in [0.1, 0.15) is 5.56 Å². The predicted octanol–water partition coefficient (Wildman–Crippen LogP) is 2.52. The fourth-order valence-corrected chi connectivity index (χ4v) is 2.00. The van der Waals surface area contributed by atoms with Crippen molar-refractivity contribution in [2.24, 2.45) is 0 Å². The molecular formula is C13H12N4. The molecule has 0 fully saturated rings. The number of H-pyrrole nitrogens is 1.